The fraction of sp³-hybridized carbons (Fsp3) is 0.600. The van der Waals surface area contributed by atoms with Gasteiger partial charge in [0.15, 0.2) is 5.13 Å². The lowest BCUT2D eigenvalue weighted by molar-refractivity contribution is 0.0955. The summed E-state index contributed by atoms with van der Waals surface area (Å²) in [6.07, 6.45) is 4.91. The van der Waals surface area contributed by atoms with Gasteiger partial charge in [-0.3, -0.25) is 5.32 Å². The number of thiazole rings is 1. The number of nitrogens with one attached hydrogen (secondary N) is 2. The van der Waals surface area contributed by atoms with Crippen molar-refractivity contribution in [3.8, 4) is 0 Å². The van der Waals surface area contributed by atoms with E-state index in [0.717, 1.165) is 25.7 Å². The molecule has 2 unspecified atom stereocenters. The van der Waals surface area contributed by atoms with Gasteiger partial charge in [-0.2, -0.15) is 0 Å². The minimum absolute atomic E-state index is 0.131. The van der Waals surface area contributed by atoms with Crippen LogP contribution in [0.4, 0.5) is 9.93 Å². The average molecular weight is 241 g/mol. The minimum atomic E-state index is -0.421. The van der Waals surface area contributed by atoms with Crippen LogP contribution in [0, 0.1) is 0 Å². The summed E-state index contributed by atoms with van der Waals surface area (Å²) in [6.45, 7) is 0. The lowest BCUT2D eigenvalue weighted by Crippen LogP contribution is -2.46. The molecule has 1 aromatic heterocycles. The number of hydrogen-bond acceptors (Lipinski definition) is 4. The molecule has 0 saturated heterocycles. The Bertz CT molecular complexity index is 342. The summed E-state index contributed by atoms with van der Waals surface area (Å²) in [7, 11) is 0. The Hall–Kier alpha value is -1.14. The van der Waals surface area contributed by atoms with E-state index in [4.69, 9.17) is 0 Å². The van der Waals surface area contributed by atoms with E-state index in [-0.39, 0.29) is 12.1 Å². The van der Waals surface area contributed by atoms with E-state index in [1.165, 1.54) is 11.3 Å². The van der Waals surface area contributed by atoms with Crippen LogP contribution in [0.5, 0.6) is 0 Å². The topological polar surface area (TPSA) is 74.2 Å². The molecule has 2 rings (SSSR count). The second-order valence-corrected chi connectivity index (χ2v) is 4.79. The average Bonchev–Trinajstić information content (AvgIpc) is 2.74. The normalized spacial score (nSPS) is 25.1. The third-order valence-corrected chi connectivity index (χ3v) is 3.39. The predicted molar refractivity (Wildman–Crippen MR) is 62.5 cm³/mol. The van der Waals surface area contributed by atoms with Gasteiger partial charge in [0.2, 0.25) is 0 Å². The molecular formula is C10H15N3O2S. The number of urea groups is 1. The third kappa shape index (κ3) is 2.93. The standard InChI is InChI=1S/C10H15N3O2S/c14-8-4-2-1-3-7(8)12-9(15)13-10-11-5-6-16-10/h5-8,14H,1-4H2,(H2,11,12,13,15). The summed E-state index contributed by atoms with van der Waals surface area (Å²) in [5.41, 5.74) is 0. The van der Waals surface area contributed by atoms with Crippen molar-refractivity contribution in [2.45, 2.75) is 37.8 Å². The SMILES string of the molecule is O=C(Nc1nccs1)NC1CCCCC1O. The number of amides is 2. The van der Waals surface area contributed by atoms with Crippen LogP contribution in [0.15, 0.2) is 11.6 Å². The van der Waals surface area contributed by atoms with Gasteiger partial charge in [-0.25, -0.2) is 9.78 Å². The summed E-state index contributed by atoms with van der Waals surface area (Å²) in [5.74, 6) is 0. The fourth-order valence-corrected chi connectivity index (χ4v) is 2.39. The van der Waals surface area contributed by atoms with Crippen LogP contribution in [0.1, 0.15) is 25.7 Å². The van der Waals surface area contributed by atoms with E-state index in [1.54, 1.807) is 11.6 Å². The van der Waals surface area contributed by atoms with Crippen molar-refractivity contribution < 1.29 is 9.90 Å². The molecule has 0 radical (unpaired) electrons. The second-order valence-electron chi connectivity index (χ2n) is 3.89. The number of aliphatic hydroxyl groups is 1. The second kappa shape index (κ2) is 5.27. The summed E-state index contributed by atoms with van der Waals surface area (Å²) >= 11 is 1.37. The van der Waals surface area contributed by atoms with Crippen LogP contribution in [-0.2, 0) is 0 Å². The molecule has 1 saturated carbocycles. The number of anilines is 1. The lowest BCUT2D eigenvalue weighted by atomic mass is 9.93. The smallest absolute Gasteiger partial charge is 0.321 e. The zero-order chi connectivity index (χ0) is 11.4. The minimum Gasteiger partial charge on any atom is -0.391 e. The lowest BCUT2D eigenvalue weighted by Gasteiger charge is -2.28. The van der Waals surface area contributed by atoms with Crippen LogP contribution in [0.3, 0.4) is 0 Å². The van der Waals surface area contributed by atoms with E-state index in [2.05, 4.69) is 15.6 Å². The van der Waals surface area contributed by atoms with Crippen molar-refractivity contribution in [2.75, 3.05) is 5.32 Å². The molecule has 1 heterocycles. The molecule has 2 amide bonds. The Balaban J connectivity index is 1.82. The highest BCUT2D eigenvalue weighted by atomic mass is 32.1. The number of hydrogen-bond donors (Lipinski definition) is 3. The van der Waals surface area contributed by atoms with E-state index < -0.39 is 6.10 Å². The summed E-state index contributed by atoms with van der Waals surface area (Å²) < 4.78 is 0. The number of aromatic nitrogens is 1. The van der Waals surface area contributed by atoms with Gasteiger partial charge in [0.05, 0.1) is 12.1 Å². The van der Waals surface area contributed by atoms with Crippen LogP contribution in [-0.4, -0.2) is 28.3 Å². The fourth-order valence-electron chi connectivity index (χ4n) is 1.87. The molecule has 0 aliphatic heterocycles. The van der Waals surface area contributed by atoms with Gasteiger partial charge < -0.3 is 10.4 Å². The predicted octanol–water partition coefficient (Wildman–Crippen LogP) is 1.57. The van der Waals surface area contributed by atoms with Crippen molar-refractivity contribution in [2.24, 2.45) is 0 Å². The molecule has 5 nitrogen and oxygen atoms in total. The number of carbonyl (C=O) groups excluding carboxylic acids is 1. The van der Waals surface area contributed by atoms with Crippen molar-refractivity contribution in [3.05, 3.63) is 11.6 Å². The first-order valence-electron chi connectivity index (χ1n) is 5.41. The number of carbonyl (C=O) groups is 1. The molecule has 3 N–H and O–H groups in total. The highest BCUT2D eigenvalue weighted by molar-refractivity contribution is 7.13. The van der Waals surface area contributed by atoms with Gasteiger partial charge in [0, 0.05) is 11.6 Å². The first kappa shape index (κ1) is 11.3. The zero-order valence-electron chi connectivity index (χ0n) is 8.85. The molecular weight excluding hydrogens is 226 g/mol. The summed E-state index contributed by atoms with van der Waals surface area (Å²) in [6, 6.07) is -0.422. The zero-order valence-corrected chi connectivity index (χ0v) is 9.67. The van der Waals surface area contributed by atoms with Crippen LogP contribution < -0.4 is 10.6 Å². The molecule has 88 valence electrons. The first-order chi connectivity index (χ1) is 7.75. The van der Waals surface area contributed by atoms with Gasteiger partial charge in [-0.1, -0.05) is 12.8 Å². The molecule has 1 aromatic rings. The van der Waals surface area contributed by atoms with Crippen LogP contribution in [0.25, 0.3) is 0 Å². The van der Waals surface area contributed by atoms with E-state index in [1.807, 2.05) is 0 Å². The highest BCUT2D eigenvalue weighted by Gasteiger charge is 2.24. The van der Waals surface area contributed by atoms with Crippen molar-refractivity contribution in [1.29, 1.82) is 0 Å². The molecule has 0 spiro atoms. The summed E-state index contributed by atoms with van der Waals surface area (Å²) in [5, 5.41) is 17.5. The van der Waals surface area contributed by atoms with E-state index in [0.29, 0.717) is 5.13 Å². The number of rotatable bonds is 2. The maximum Gasteiger partial charge on any atom is 0.321 e. The molecule has 1 aliphatic rings. The molecule has 0 bridgehead atoms. The molecule has 1 aliphatic carbocycles. The first-order valence-corrected chi connectivity index (χ1v) is 6.29. The van der Waals surface area contributed by atoms with Gasteiger partial charge in [-0.15, -0.1) is 11.3 Å². The van der Waals surface area contributed by atoms with Crippen molar-refractivity contribution in [3.63, 3.8) is 0 Å². The number of aliphatic hydroxyl groups excluding tert-OH is 1. The molecule has 1 fully saturated rings. The van der Waals surface area contributed by atoms with Gasteiger partial charge >= 0.3 is 6.03 Å². The Morgan fingerprint density at radius 3 is 3.00 bits per heavy atom. The van der Waals surface area contributed by atoms with Crippen LogP contribution in [0.2, 0.25) is 0 Å². The summed E-state index contributed by atoms with van der Waals surface area (Å²) in [4.78, 5) is 15.5. The quantitative estimate of drug-likeness (QED) is 0.735. The van der Waals surface area contributed by atoms with Crippen molar-refractivity contribution in [1.82, 2.24) is 10.3 Å². The maximum atomic E-state index is 11.6. The number of nitrogens with zero attached hydrogens (tertiary/aromatic N) is 1. The van der Waals surface area contributed by atoms with Gasteiger partial charge in [0.1, 0.15) is 0 Å². The Morgan fingerprint density at radius 1 is 1.50 bits per heavy atom. The monoisotopic (exact) mass is 241 g/mol. The Kier molecular flexibility index (Phi) is 3.74. The van der Waals surface area contributed by atoms with Crippen LogP contribution >= 0.6 is 11.3 Å². The Morgan fingerprint density at radius 2 is 2.31 bits per heavy atom. The molecule has 0 aromatic carbocycles. The van der Waals surface area contributed by atoms with Crippen molar-refractivity contribution >= 4 is 22.5 Å². The Labute approximate surface area is 97.9 Å². The van der Waals surface area contributed by atoms with Gasteiger partial charge in [-0.05, 0) is 12.8 Å². The molecule has 6 heteroatoms. The largest absolute Gasteiger partial charge is 0.391 e. The maximum absolute atomic E-state index is 11.6. The van der Waals surface area contributed by atoms with E-state index >= 15 is 0 Å². The molecule has 16 heavy (non-hydrogen) atoms. The third-order valence-electron chi connectivity index (χ3n) is 2.70. The highest BCUT2D eigenvalue weighted by Crippen LogP contribution is 2.18. The van der Waals surface area contributed by atoms with Gasteiger partial charge in [0.25, 0.3) is 0 Å². The molecule has 2 atom stereocenters. The van der Waals surface area contributed by atoms with E-state index in [9.17, 15) is 9.90 Å².